The van der Waals surface area contributed by atoms with Gasteiger partial charge in [0.2, 0.25) is 0 Å². The highest BCUT2D eigenvalue weighted by Gasteiger charge is 2.26. The van der Waals surface area contributed by atoms with Gasteiger partial charge in [0.05, 0.1) is 0 Å². The molecule has 17 heavy (non-hydrogen) atoms. The molecule has 2 nitrogen and oxygen atoms in total. The number of rotatable bonds is 9. The molecule has 0 aromatic heterocycles. The van der Waals surface area contributed by atoms with Crippen LogP contribution in [0, 0.1) is 5.92 Å². The first-order valence-electron chi connectivity index (χ1n) is 7.66. The van der Waals surface area contributed by atoms with E-state index >= 15 is 0 Å². The molecule has 0 heterocycles. The van der Waals surface area contributed by atoms with Gasteiger partial charge < -0.3 is 10.2 Å². The standard InChI is InChI=1S/C15H32N2/c1-5-9-14(16-7-3)15(6-2)17(4)12-13-10-8-11-13/h13-16H,5-12H2,1-4H3. The molecule has 0 bridgehead atoms. The lowest BCUT2D eigenvalue weighted by atomic mass is 9.84. The number of likely N-dealkylation sites (N-methyl/N-ethyl adjacent to an activating group) is 2. The van der Waals surface area contributed by atoms with Crippen molar-refractivity contribution in [1.82, 2.24) is 10.2 Å². The van der Waals surface area contributed by atoms with Crippen LogP contribution in [0.15, 0.2) is 0 Å². The SMILES string of the molecule is CCCC(NCC)C(CC)N(C)CC1CCC1. The Kier molecular flexibility index (Phi) is 7.14. The van der Waals surface area contributed by atoms with Gasteiger partial charge in [-0.3, -0.25) is 0 Å². The minimum absolute atomic E-state index is 0.681. The average molecular weight is 240 g/mol. The number of nitrogens with zero attached hydrogens (tertiary/aromatic N) is 1. The fourth-order valence-electron chi connectivity index (χ4n) is 3.13. The van der Waals surface area contributed by atoms with Crippen molar-refractivity contribution in [2.24, 2.45) is 5.92 Å². The normalized spacial score (nSPS) is 20.3. The summed E-state index contributed by atoms with van der Waals surface area (Å²) in [6, 6.07) is 1.40. The van der Waals surface area contributed by atoms with Crippen LogP contribution in [-0.4, -0.2) is 37.1 Å². The summed E-state index contributed by atoms with van der Waals surface area (Å²) in [5.74, 6) is 0.984. The molecule has 2 heteroatoms. The van der Waals surface area contributed by atoms with E-state index in [0.717, 1.165) is 18.5 Å². The first kappa shape index (κ1) is 15.0. The van der Waals surface area contributed by atoms with E-state index in [1.165, 1.54) is 45.1 Å². The molecule has 0 spiro atoms. The first-order chi connectivity index (χ1) is 8.22. The van der Waals surface area contributed by atoms with Gasteiger partial charge in [0.1, 0.15) is 0 Å². The zero-order chi connectivity index (χ0) is 12.7. The van der Waals surface area contributed by atoms with E-state index in [1.54, 1.807) is 0 Å². The van der Waals surface area contributed by atoms with E-state index in [9.17, 15) is 0 Å². The van der Waals surface area contributed by atoms with E-state index in [-0.39, 0.29) is 0 Å². The molecule has 0 saturated heterocycles. The Morgan fingerprint density at radius 1 is 1.24 bits per heavy atom. The Bertz CT molecular complexity index is 183. The maximum atomic E-state index is 3.68. The van der Waals surface area contributed by atoms with Crippen LogP contribution in [0.1, 0.15) is 59.3 Å². The molecule has 0 amide bonds. The summed E-state index contributed by atoms with van der Waals surface area (Å²) in [5, 5.41) is 3.68. The summed E-state index contributed by atoms with van der Waals surface area (Å²) in [7, 11) is 2.33. The first-order valence-corrected chi connectivity index (χ1v) is 7.66. The second-order valence-electron chi connectivity index (χ2n) is 5.66. The molecular weight excluding hydrogens is 208 g/mol. The molecule has 0 aromatic rings. The summed E-state index contributed by atoms with van der Waals surface area (Å²) in [6.07, 6.45) is 8.23. The van der Waals surface area contributed by atoms with E-state index < -0.39 is 0 Å². The van der Waals surface area contributed by atoms with Crippen molar-refractivity contribution in [1.29, 1.82) is 0 Å². The van der Waals surface area contributed by atoms with E-state index in [0.29, 0.717) is 6.04 Å². The van der Waals surface area contributed by atoms with Gasteiger partial charge in [-0.1, -0.05) is 33.6 Å². The Morgan fingerprint density at radius 3 is 2.35 bits per heavy atom. The summed E-state index contributed by atoms with van der Waals surface area (Å²) in [4.78, 5) is 2.62. The third kappa shape index (κ3) is 4.59. The van der Waals surface area contributed by atoms with Gasteiger partial charge in [-0.2, -0.15) is 0 Å². The fourth-order valence-corrected chi connectivity index (χ4v) is 3.13. The van der Waals surface area contributed by atoms with Crippen molar-refractivity contribution >= 4 is 0 Å². The van der Waals surface area contributed by atoms with Crippen LogP contribution in [0.5, 0.6) is 0 Å². The second kappa shape index (κ2) is 8.10. The van der Waals surface area contributed by atoms with Gasteiger partial charge in [0, 0.05) is 18.6 Å². The molecule has 2 unspecified atom stereocenters. The van der Waals surface area contributed by atoms with Crippen molar-refractivity contribution in [2.45, 2.75) is 71.4 Å². The van der Waals surface area contributed by atoms with Crippen LogP contribution >= 0.6 is 0 Å². The summed E-state index contributed by atoms with van der Waals surface area (Å²) in [5.41, 5.74) is 0. The smallest absolute Gasteiger partial charge is 0.0243 e. The lowest BCUT2D eigenvalue weighted by Crippen LogP contribution is -2.50. The highest BCUT2D eigenvalue weighted by Crippen LogP contribution is 2.28. The highest BCUT2D eigenvalue weighted by atomic mass is 15.2. The Labute approximate surface area is 108 Å². The van der Waals surface area contributed by atoms with Crippen LogP contribution in [0.4, 0.5) is 0 Å². The molecule has 102 valence electrons. The van der Waals surface area contributed by atoms with Crippen LogP contribution < -0.4 is 5.32 Å². The maximum absolute atomic E-state index is 3.68. The predicted molar refractivity (Wildman–Crippen MR) is 76.4 cm³/mol. The Morgan fingerprint density at radius 2 is 1.94 bits per heavy atom. The zero-order valence-electron chi connectivity index (χ0n) is 12.3. The van der Waals surface area contributed by atoms with Crippen LogP contribution in [0.3, 0.4) is 0 Å². The average Bonchev–Trinajstić information content (AvgIpc) is 2.25. The van der Waals surface area contributed by atoms with Crippen molar-refractivity contribution < 1.29 is 0 Å². The molecular formula is C15H32N2. The van der Waals surface area contributed by atoms with Gasteiger partial charge >= 0.3 is 0 Å². The van der Waals surface area contributed by atoms with Crippen molar-refractivity contribution in [3.63, 3.8) is 0 Å². The molecule has 0 aliphatic heterocycles. The monoisotopic (exact) mass is 240 g/mol. The van der Waals surface area contributed by atoms with Crippen LogP contribution in [-0.2, 0) is 0 Å². The third-order valence-corrected chi connectivity index (χ3v) is 4.29. The molecule has 1 aliphatic carbocycles. The molecule has 1 saturated carbocycles. The van der Waals surface area contributed by atoms with Gasteiger partial charge in [0.15, 0.2) is 0 Å². The predicted octanol–water partition coefficient (Wildman–Crippen LogP) is 3.28. The van der Waals surface area contributed by atoms with E-state index in [1.807, 2.05) is 0 Å². The summed E-state index contributed by atoms with van der Waals surface area (Å²) >= 11 is 0. The largest absolute Gasteiger partial charge is 0.313 e. The maximum Gasteiger partial charge on any atom is 0.0243 e. The lowest BCUT2D eigenvalue weighted by molar-refractivity contribution is 0.129. The zero-order valence-corrected chi connectivity index (χ0v) is 12.3. The van der Waals surface area contributed by atoms with Crippen LogP contribution in [0.25, 0.3) is 0 Å². The van der Waals surface area contributed by atoms with Gasteiger partial charge in [-0.25, -0.2) is 0 Å². The number of nitrogens with one attached hydrogen (secondary N) is 1. The van der Waals surface area contributed by atoms with Crippen LogP contribution in [0.2, 0.25) is 0 Å². The molecule has 0 aromatic carbocycles. The van der Waals surface area contributed by atoms with Gasteiger partial charge in [-0.05, 0) is 45.2 Å². The van der Waals surface area contributed by atoms with Gasteiger partial charge in [0.25, 0.3) is 0 Å². The van der Waals surface area contributed by atoms with Crippen molar-refractivity contribution in [3.8, 4) is 0 Å². The molecule has 1 rings (SSSR count). The minimum Gasteiger partial charge on any atom is -0.313 e. The topological polar surface area (TPSA) is 15.3 Å². The quantitative estimate of drug-likeness (QED) is 0.665. The fraction of sp³-hybridized carbons (Fsp3) is 1.00. The van der Waals surface area contributed by atoms with Crippen molar-refractivity contribution in [2.75, 3.05) is 20.1 Å². The third-order valence-electron chi connectivity index (χ3n) is 4.29. The summed E-state index contributed by atoms with van der Waals surface area (Å²) < 4.78 is 0. The molecule has 1 N–H and O–H groups in total. The number of hydrogen-bond donors (Lipinski definition) is 1. The Balaban J connectivity index is 2.45. The summed E-state index contributed by atoms with van der Waals surface area (Å²) in [6.45, 7) is 9.26. The van der Waals surface area contributed by atoms with Crippen molar-refractivity contribution in [3.05, 3.63) is 0 Å². The van der Waals surface area contributed by atoms with Gasteiger partial charge in [-0.15, -0.1) is 0 Å². The Hall–Kier alpha value is -0.0800. The lowest BCUT2D eigenvalue weighted by Gasteiger charge is -2.38. The molecule has 0 radical (unpaired) electrons. The molecule has 1 aliphatic rings. The molecule has 2 atom stereocenters. The highest BCUT2D eigenvalue weighted by molar-refractivity contribution is 4.84. The second-order valence-corrected chi connectivity index (χ2v) is 5.66. The van der Waals surface area contributed by atoms with E-state index in [2.05, 4.69) is 38.0 Å². The molecule has 1 fully saturated rings. The van der Waals surface area contributed by atoms with E-state index in [4.69, 9.17) is 0 Å². The number of hydrogen-bond acceptors (Lipinski definition) is 2. The minimum atomic E-state index is 0.681.